The molecule has 0 amide bonds. The van der Waals surface area contributed by atoms with Crippen LogP contribution in [0.3, 0.4) is 0 Å². The van der Waals surface area contributed by atoms with Crippen LogP contribution in [0.4, 0.5) is 0 Å². The molecule has 4 heteroatoms. The lowest BCUT2D eigenvalue weighted by Crippen LogP contribution is -2.17. The van der Waals surface area contributed by atoms with Crippen LogP contribution in [0.25, 0.3) is 10.8 Å². The first-order valence-electron chi connectivity index (χ1n) is 10.6. The van der Waals surface area contributed by atoms with Gasteiger partial charge in [0, 0.05) is 33.0 Å². The second kappa shape index (κ2) is 7.42. The summed E-state index contributed by atoms with van der Waals surface area (Å²) < 4.78 is 11.9. The van der Waals surface area contributed by atoms with Gasteiger partial charge in [-0.05, 0) is 56.4 Å². The molecule has 0 N–H and O–H groups in total. The van der Waals surface area contributed by atoms with Crippen LogP contribution in [0, 0.1) is 5.92 Å². The molecule has 3 atom stereocenters. The smallest absolute Gasteiger partial charge is 0.338 e. The molecule has 0 heterocycles. The van der Waals surface area contributed by atoms with Crippen LogP contribution in [-0.2, 0) is 16.0 Å². The number of ether oxygens (including phenoxy) is 2. The lowest BCUT2D eigenvalue weighted by Gasteiger charge is -2.28. The lowest BCUT2D eigenvalue weighted by atomic mass is 9.81. The first kappa shape index (κ1) is 20.4. The van der Waals surface area contributed by atoms with Gasteiger partial charge in [0.2, 0.25) is 0 Å². The number of benzene rings is 2. The van der Waals surface area contributed by atoms with Crippen molar-refractivity contribution in [1.82, 2.24) is 0 Å². The normalized spacial score (nSPS) is 21.4. The minimum atomic E-state index is -0.428. The number of rotatable bonds is 5. The minimum absolute atomic E-state index is 0.287. The van der Waals surface area contributed by atoms with Crippen LogP contribution < -0.4 is 9.47 Å². The van der Waals surface area contributed by atoms with Crippen molar-refractivity contribution in [3.63, 3.8) is 0 Å². The zero-order valence-electron chi connectivity index (χ0n) is 18.1. The largest absolute Gasteiger partial charge is 0.422 e. The highest BCUT2D eigenvalue weighted by Gasteiger charge is 2.47. The maximum atomic E-state index is 12.6. The van der Waals surface area contributed by atoms with E-state index in [-0.39, 0.29) is 5.92 Å². The van der Waals surface area contributed by atoms with Crippen molar-refractivity contribution in [1.29, 1.82) is 0 Å². The zero-order chi connectivity index (χ0) is 21.7. The maximum absolute atomic E-state index is 12.6. The Morgan fingerprint density at radius 1 is 1.00 bits per heavy atom. The van der Waals surface area contributed by atoms with Crippen LogP contribution in [0.1, 0.15) is 69.1 Å². The van der Waals surface area contributed by atoms with E-state index in [9.17, 15) is 9.59 Å². The Balaban J connectivity index is 2.07. The second-order valence-corrected chi connectivity index (χ2v) is 8.77. The summed E-state index contributed by atoms with van der Waals surface area (Å²) in [6, 6.07) is 5.95. The van der Waals surface area contributed by atoms with E-state index in [0.717, 1.165) is 46.7 Å². The fourth-order valence-corrected chi connectivity index (χ4v) is 5.11. The molecule has 30 heavy (non-hydrogen) atoms. The fourth-order valence-electron chi connectivity index (χ4n) is 5.11. The summed E-state index contributed by atoms with van der Waals surface area (Å²) >= 11 is 0. The Morgan fingerprint density at radius 3 is 2.23 bits per heavy atom. The van der Waals surface area contributed by atoms with E-state index < -0.39 is 11.9 Å². The van der Waals surface area contributed by atoms with Crippen molar-refractivity contribution in [2.24, 2.45) is 5.92 Å². The van der Waals surface area contributed by atoms with E-state index in [1.165, 1.54) is 0 Å². The Bertz CT molecular complexity index is 1110. The third-order valence-electron chi connectivity index (χ3n) is 6.53. The Kier molecular flexibility index (Phi) is 5.05. The number of hydrogen-bond donors (Lipinski definition) is 0. The molecule has 156 valence electrons. The molecule has 2 bridgehead atoms. The molecular formula is C26H28O4. The van der Waals surface area contributed by atoms with Crippen molar-refractivity contribution in [3.05, 3.63) is 59.2 Å². The second-order valence-electron chi connectivity index (χ2n) is 8.77. The maximum Gasteiger partial charge on any atom is 0.338 e. The molecule has 2 aliphatic carbocycles. The highest BCUT2D eigenvalue weighted by molar-refractivity contribution is 6.03. The molecular weight excluding hydrogens is 376 g/mol. The van der Waals surface area contributed by atoms with Gasteiger partial charge >= 0.3 is 11.9 Å². The van der Waals surface area contributed by atoms with Crippen molar-refractivity contribution in [2.45, 2.75) is 58.8 Å². The third kappa shape index (κ3) is 3.06. The third-order valence-corrected chi connectivity index (χ3v) is 6.53. The standard InChI is InChI=1S/C26H28O4/c1-7-16-9-8-10-18-20(16)24(30-26(28)14(4)5)21-17-11-15(6)19(12-17)22(21)23(18)29-25(27)13(2)3/h8-10,15,17,19H,2,4,7,11-12H2,1,3,5-6H3. The fraction of sp³-hybridized carbons (Fsp3) is 0.385. The van der Waals surface area contributed by atoms with Gasteiger partial charge in [0.05, 0.1) is 0 Å². The molecule has 3 unspecified atom stereocenters. The minimum Gasteiger partial charge on any atom is -0.422 e. The number of aryl methyl sites for hydroxylation is 1. The molecule has 0 aromatic heterocycles. The number of carbonyl (C=O) groups excluding carboxylic acids is 2. The van der Waals surface area contributed by atoms with Crippen LogP contribution in [0.5, 0.6) is 11.5 Å². The molecule has 1 saturated carbocycles. The molecule has 2 aromatic rings. The molecule has 4 rings (SSSR count). The van der Waals surface area contributed by atoms with Gasteiger partial charge in [-0.2, -0.15) is 0 Å². The van der Waals surface area contributed by atoms with Gasteiger partial charge in [-0.25, -0.2) is 9.59 Å². The first-order valence-corrected chi connectivity index (χ1v) is 10.6. The number of carbonyl (C=O) groups is 2. The predicted octanol–water partition coefficient (Wildman–Crippen LogP) is 5.98. The molecule has 0 saturated heterocycles. The molecule has 2 aromatic carbocycles. The van der Waals surface area contributed by atoms with E-state index in [1.807, 2.05) is 18.2 Å². The summed E-state index contributed by atoms with van der Waals surface area (Å²) in [6.45, 7) is 15.1. The van der Waals surface area contributed by atoms with E-state index >= 15 is 0 Å². The molecule has 0 spiro atoms. The molecule has 4 nitrogen and oxygen atoms in total. The van der Waals surface area contributed by atoms with Gasteiger partial charge in [0.25, 0.3) is 0 Å². The Hall–Kier alpha value is -2.88. The van der Waals surface area contributed by atoms with Crippen LogP contribution >= 0.6 is 0 Å². The summed E-state index contributed by atoms with van der Waals surface area (Å²) in [4.78, 5) is 25.1. The monoisotopic (exact) mass is 404 g/mol. The van der Waals surface area contributed by atoms with E-state index in [4.69, 9.17) is 9.47 Å². The molecule has 0 radical (unpaired) electrons. The van der Waals surface area contributed by atoms with E-state index in [2.05, 4.69) is 27.0 Å². The summed E-state index contributed by atoms with van der Waals surface area (Å²) in [5.41, 5.74) is 3.84. The van der Waals surface area contributed by atoms with Crippen LogP contribution in [0.15, 0.2) is 42.5 Å². The van der Waals surface area contributed by atoms with Crippen molar-refractivity contribution < 1.29 is 19.1 Å². The highest BCUT2D eigenvalue weighted by Crippen LogP contribution is 2.63. The Morgan fingerprint density at radius 2 is 1.63 bits per heavy atom. The Labute approximate surface area is 177 Å². The van der Waals surface area contributed by atoms with Gasteiger partial charge in [-0.3, -0.25) is 0 Å². The number of hydrogen-bond acceptors (Lipinski definition) is 4. The quantitative estimate of drug-likeness (QED) is 0.350. The molecule has 0 aliphatic heterocycles. The zero-order valence-corrected chi connectivity index (χ0v) is 18.1. The van der Waals surface area contributed by atoms with Gasteiger partial charge in [0.1, 0.15) is 11.5 Å². The highest BCUT2D eigenvalue weighted by atomic mass is 16.5. The summed E-state index contributed by atoms with van der Waals surface area (Å²) in [5.74, 6) is 1.45. The SMILES string of the molecule is C=C(C)C(=O)Oc1c2c(c(OC(=O)C(=C)C)c3c(CC)cccc13)C1CC(C)C2C1. The van der Waals surface area contributed by atoms with Gasteiger partial charge in [-0.1, -0.05) is 45.2 Å². The number of esters is 2. The summed E-state index contributed by atoms with van der Waals surface area (Å²) in [6.07, 6.45) is 2.80. The predicted molar refractivity (Wildman–Crippen MR) is 118 cm³/mol. The van der Waals surface area contributed by atoms with Crippen molar-refractivity contribution >= 4 is 22.7 Å². The number of fused-ring (bicyclic) bond motifs is 6. The van der Waals surface area contributed by atoms with E-state index in [1.54, 1.807) is 13.8 Å². The average Bonchev–Trinajstić information content (AvgIpc) is 3.26. The van der Waals surface area contributed by atoms with Gasteiger partial charge < -0.3 is 9.47 Å². The lowest BCUT2D eigenvalue weighted by molar-refractivity contribution is -0.131. The topological polar surface area (TPSA) is 52.6 Å². The van der Waals surface area contributed by atoms with Crippen molar-refractivity contribution in [3.8, 4) is 11.5 Å². The first-order chi connectivity index (χ1) is 14.2. The summed E-state index contributed by atoms with van der Waals surface area (Å²) in [7, 11) is 0. The van der Waals surface area contributed by atoms with Gasteiger partial charge in [-0.15, -0.1) is 0 Å². The average molecular weight is 405 g/mol. The van der Waals surface area contributed by atoms with E-state index in [0.29, 0.717) is 34.5 Å². The van der Waals surface area contributed by atoms with Crippen LogP contribution in [-0.4, -0.2) is 11.9 Å². The van der Waals surface area contributed by atoms with Gasteiger partial charge in [0.15, 0.2) is 0 Å². The van der Waals surface area contributed by atoms with Crippen LogP contribution in [0.2, 0.25) is 0 Å². The summed E-state index contributed by atoms with van der Waals surface area (Å²) in [5, 5.41) is 1.67. The molecule has 2 aliphatic rings. The molecule has 1 fully saturated rings. The van der Waals surface area contributed by atoms with Crippen molar-refractivity contribution in [2.75, 3.05) is 0 Å².